The van der Waals surface area contributed by atoms with Gasteiger partial charge in [0.1, 0.15) is 30.5 Å². The number of nitrogens with zero attached hydrogens (tertiary/aromatic N) is 6. The average molecular weight is 1010 g/mol. The number of anilines is 5. The van der Waals surface area contributed by atoms with Crippen LogP contribution in [0.4, 0.5) is 33.6 Å². The van der Waals surface area contributed by atoms with Crippen LogP contribution in [0.5, 0.6) is 11.5 Å². The maximum Gasteiger partial charge on any atom is 0.413 e. The minimum atomic E-state index is -2.74. The molecule has 4 N–H and O–H groups in total. The Morgan fingerprint density at radius 1 is 0.912 bits per heavy atom. The number of aryl methyl sites for hydroxylation is 3. The van der Waals surface area contributed by atoms with Gasteiger partial charge in [0.25, 0.3) is 0 Å². The molecule has 0 saturated carbocycles. The number of piperidine rings is 2. The van der Waals surface area contributed by atoms with Crippen LogP contribution in [0.2, 0.25) is 0 Å². The van der Waals surface area contributed by atoms with Crippen LogP contribution in [-0.4, -0.2) is 121 Å². The molecule has 2 aromatic heterocycles. The van der Waals surface area contributed by atoms with E-state index in [0.29, 0.717) is 39.5 Å². The van der Waals surface area contributed by atoms with E-state index in [1.165, 1.54) is 11.3 Å². The number of fused-ring (bicyclic) bond motifs is 1. The molecule has 0 spiro atoms. The largest absolute Gasteiger partial charge is 0.494 e. The number of benzene rings is 3. The Morgan fingerprint density at radius 2 is 1.71 bits per heavy atom. The molecular weight excluding hydrogens is 947 g/mol. The highest BCUT2D eigenvalue weighted by Crippen LogP contribution is 2.42. The third-order valence-corrected chi connectivity index (χ3v) is 15.3. The molecule has 16 nitrogen and oxygen atoms in total. The molecule has 3 saturated heterocycles. The SMILES string of the molecule is CCc1ccc2c(P(C)(C)=O)c(Nc3nc(Nc4cc(CC)c(N5CCC(N6CCN(CCCc7cccc(OC(=O)NC8CCC(=O)NC8=O)c7)CC6)CC5)cc4OC)ncc3Br)ccc2n1. The van der Waals surface area contributed by atoms with Crippen molar-refractivity contribution in [3.8, 4) is 11.5 Å². The van der Waals surface area contributed by atoms with Crippen molar-refractivity contribution in [2.45, 2.75) is 77.3 Å². The van der Waals surface area contributed by atoms with E-state index in [1.54, 1.807) is 32.7 Å². The lowest BCUT2D eigenvalue weighted by Gasteiger charge is -2.43. The summed E-state index contributed by atoms with van der Waals surface area (Å²) in [5.74, 6) is 1.22. The molecule has 18 heteroatoms. The Balaban J connectivity index is 0.825. The molecule has 3 aliphatic heterocycles. The first-order valence-electron chi connectivity index (χ1n) is 23.7. The molecule has 360 valence electrons. The molecule has 68 heavy (non-hydrogen) atoms. The van der Waals surface area contributed by atoms with Crippen LogP contribution < -0.4 is 40.9 Å². The van der Waals surface area contributed by atoms with Gasteiger partial charge in [-0.3, -0.25) is 24.8 Å². The van der Waals surface area contributed by atoms with Crippen molar-refractivity contribution >= 4 is 86.0 Å². The van der Waals surface area contributed by atoms with Crippen LogP contribution in [0.25, 0.3) is 10.9 Å². The maximum absolute atomic E-state index is 13.7. The number of carbonyl (C=O) groups excluding carboxylic acids is 3. The Bertz CT molecular complexity index is 2700. The molecule has 0 aliphatic carbocycles. The normalized spacial score (nSPS) is 17.5. The summed E-state index contributed by atoms with van der Waals surface area (Å²) >= 11 is 3.63. The minimum Gasteiger partial charge on any atom is -0.494 e. The van der Waals surface area contributed by atoms with Gasteiger partial charge in [-0.2, -0.15) is 4.98 Å². The molecule has 3 aromatic carbocycles. The predicted octanol–water partition coefficient (Wildman–Crippen LogP) is 7.77. The molecule has 5 aromatic rings. The van der Waals surface area contributed by atoms with Crippen molar-refractivity contribution in [3.05, 3.63) is 88.2 Å². The second-order valence-electron chi connectivity index (χ2n) is 18.1. The maximum atomic E-state index is 13.7. The zero-order chi connectivity index (χ0) is 48.0. The number of hydrogen-bond donors (Lipinski definition) is 4. The topological polar surface area (TPSA) is 183 Å². The monoisotopic (exact) mass is 1010 g/mol. The van der Waals surface area contributed by atoms with Gasteiger partial charge in [-0.15, -0.1) is 0 Å². The number of piperazine rings is 1. The van der Waals surface area contributed by atoms with E-state index in [9.17, 15) is 18.9 Å². The van der Waals surface area contributed by atoms with Crippen molar-refractivity contribution in [1.82, 2.24) is 35.4 Å². The highest BCUT2D eigenvalue weighted by molar-refractivity contribution is 9.10. The lowest BCUT2D eigenvalue weighted by molar-refractivity contribution is -0.134. The second-order valence-corrected chi connectivity index (χ2v) is 22.1. The third kappa shape index (κ3) is 11.8. The lowest BCUT2D eigenvalue weighted by Crippen LogP contribution is -2.53. The van der Waals surface area contributed by atoms with Crippen LogP contribution in [-0.2, 0) is 33.4 Å². The van der Waals surface area contributed by atoms with Gasteiger partial charge in [-0.1, -0.05) is 32.0 Å². The Hall–Kier alpha value is -5.61. The average Bonchev–Trinajstić information content (AvgIpc) is 3.33. The van der Waals surface area contributed by atoms with Crippen molar-refractivity contribution in [2.75, 3.05) is 81.8 Å². The zero-order valence-corrected chi connectivity index (χ0v) is 42.1. The van der Waals surface area contributed by atoms with E-state index in [4.69, 9.17) is 19.4 Å². The summed E-state index contributed by atoms with van der Waals surface area (Å²) in [4.78, 5) is 57.8. The molecule has 3 amide bonds. The number of ether oxygens (including phenoxy) is 2. The number of imide groups is 1. The number of carbonyl (C=O) groups is 3. The van der Waals surface area contributed by atoms with Gasteiger partial charge in [0.15, 0.2) is 0 Å². The molecule has 1 atom stereocenters. The summed E-state index contributed by atoms with van der Waals surface area (Å²) in [5, 5.41) is 13.3. The number of halogens is 1. The summed E-state index contributed by atoms with van der Waals surface area (Å²) < 4.78 is 25.8. The number of aromatic nitrogens is 3. The summed E-state index contributed by atoms with van der Waals surface area (Å²) in [5.41, 5.74) is 6.79. The van der Waals surface area contributed by atoms with E-state index in [-0.39, 0.29) is 18.7 Å². The highest BCUT2D eigenvalue weighted by atomic mass is 79.9. The van der Waals surface area contributed by atoms with Gasteiger partial charge < -0.3 is 39.8 Å². The first-order chi connectivity index (χ1) is 32.8. The quantitative estimate of drug-likeness (QED) is 0.0556. The Kier molecular flexibility index (Phi) is 15.6. The van der Waals surface area contributed by atoms with Crippen LogP contribution in [0, 0.1) is 0 Å². The summed E-state index contributed by atoms with van der Waals surface area (Å²) in [6.45, 7) is 14.9. The van der Waals surface area contributed by atoms with Crippen molar-refractivity contribution in [3.63, 3.8) is 0 Å². The van der Waals surface area contributed by atoms with Crippen molar-refractivity contribution in [1.29, 1.82) is 0 Å². The second kappa shape index (κ2) is 21.8. The zero-order valence-electron chi connectivity index (χ0n) is 39.6. The number of amides is 3. The number of pyridine rings is 1. The molecule has 3 aliphatic rings. The molecular formula is C50H62BrN10O6P. The third-order valence-electron chi connectivity index (χ3n) is 13.1. The molecule has 8 rings (SSSR count). The first-order valence-corrected chi connectivity index (χ1v) is 27.1. The fraction of sp³-hybridized carbons (Fsp3) is 0.440. The summed E-state index contributed by atoms with van der Waals surface area (Å²) in [6, 6.07) is 19.5. The van der Waals surface area contributed by atoms with Crippen LogP contribution in [0.15, 0.2) is 71.3 Å². The van der Waals surface area contributed by atoms with Gasteiger partial charge in [0.05, 0.1) is 28.5 Å². The van der Waals surface area contributed by atoms with E-state index in [1.807, 2.05) is 42.5 Å². The number of hydrogen-bond acceptors (Lipinski definition) is 14. The fourth-order valence-corrected chi connectivity index (χ4v) is 11.3. The predicted molar refractivity (Wildman–Crippen MR) is 272 cm³/mol. The summed E-state index contributed by atoms with van der Waals surface area (Å²) in [6.07, 6.45) is 7.14. The molecule has 0 radical (unpaired) electrons. The van der Waals surface area contributed by atoms with Crippen LogP contribution in [0.1, 0.15) is 62.8 Å². The molecule has 0 bridgehead atoms. The van der Waals surface area contributed by atoms with Gasteiger partial charge in [0, 0.05) is 86.1 Å². The first kappa shape index (κ1) is 48.8. The van der Waals surface area contributed by atoms with E-state index < -0.39 is 25.2 Å². The summed E-state index contributed by atoms with van der Waals surface area (Å²) in [7, 11) is -1.05. The number of rotatable bonds is 16. The standard InChI is InChI=1S/C50H62BrN10O6P/c1-6-33-29-42(55-49-52-31-38(51)47(58-49)54-40-16-15-39-37(46(40)68(4,5)65)14-13-34(7-2)53-39)44(66-3)30-43(33)61-22-19-35(20-23-61)60-26-24-59(25-27-60)21-9-11-32-10-8-12-36(28-32)67-50(64)56-41-17-18-45(62)57-48(41)63/h8,10,12-16,28-31,35,41H,6-7,9,11,17-27H2,1-5H3,(H,56,64)(H,57,62,63)(H2,52,54,55,58). The smallest absolute Gasteiger partial charge is 0.413 e. The van der Waals surface area contributed by atoms with Gasteiger partial charge in [0.2, 0.25) is 17.8 Å². The fourth-order valence-electron chi connectivity index (χ4n) is 9.54. The molecule has 3 fully saturated rings. The molecule has 5 heterocycles. The molecule has 1 unspecified atom stereocenters. The van der Waals surface area contributed by atoms with Gasteiger partial charge in [-0.05, 0) is 128 Å². The van der Waals surface area contributed by atoms with E-state index in [2.05, 4.69) is 82.9 Å². The van der Waals surface area contributed by atoms with Gasteiger partial charge in [-0.25, -0.2) is 9.78 Å². The number of nitrogens with one attached hydrogen (secondary N) is 4. The van der Waals surface area contributed by atoms with Crippen LogP contribution in [0.3, 0.4) is 0 Å². The van der Waals surface area contributed by atoms with Crippen LogP contribution >= 0.6 is 23.1 Å². The van der Waals surface area contributed by atoms with Gasteiger partial charge >= 0.3 is 6.09 Å². The van der Waals surface area contributed by atoms with E-state index >= 15 is 0 Å². The minimum absolute atomic E-state index is 0.181. The number of methoxy groups -OCH3 is 1. The van der Waals surface area contributed by atoms with E-state index in [0.717, 1.165) is 117 Å². The highest BCUT2D eigenvalue weighted by Gasteiger charge is 2.30. The Labute approximate surface area is 406 Å². The van der Waals surface area contributed by atoms with Crippen molar-refractivity contribution in [2.24, 2.45) is 0 Å². The van der Waals surface area contributed by atoms with Crippen molar-refractivity contribution < 1.29 is 28.4 Å². The Morgan fingerprint density at radius 3 is 2.43 bits per heavy atom. The lowest BCUT2D eigenvalue weighted by atomic mass is 9.99.